The molecule has 9 heteroatoms. The van der Waals surface area contributed by atoms with Crippen LogP contribution in [0.2, 0.25) is 0 Å². The smallest absolute Gasteiger partial charge is 0.274 e. The zero-order chi connectivity index (χ0) is 20.1. The van der Waals surface area contributed by atoms with Crippen LogP contribution in [0.5, 0.6) is 0 Å². The first kappa shape index (κ1) is 19.6. The zero-order valence-corrected chi connectivity index (χ0v) is 16.3. The normalized spacial score (nSPS) is 10.6. The van der Waals surface area contributed by atoms with E-state index in [0.717, 1.165) is 11.4 Å². The van der Waals surface area contributed by atoms with Crippen molar-refractivity contribution in [1.29, 1.82) is 0 Å². The van der Waals surface area contributed by atoms with E-state index in [9.17, 15) is 14.9 Å². The maximum Gasteiger partial charge on any atom is 0.274 e. The number of hydrogen-bond donors (Lipinski definition) is 1. The van der Waals surface area contributed by atoms with E-state index in [1.165, 1.54) is 17.8 Å². The van der Waals surface area contributed by atoms with Gasteiger partial charge in [0.05, 0.1) is 28.5 Å². The molecule has 0 aliphatic heterocycles. The molecule has 3 aromatic rings. The summed E-state index contributed by atoms with van der Waals surface area (Å²) in [5.41, 5.74) is 1.95. The fraction of sp³-hybridized carbons (Fsp3) is 0.211. The standard InChI is InChI=1S/C19H19N5O3S/c1-13-16(9-6-10-17(13)24(26)27)20-18(25)12-28-19-22-21-14(2)23(19)11-15-7-4-3-5-8-15/h3-10H,11-12H2,1-2H3,(H,20,25). The lowest BCUT2D eigenvalue weighted by atomic mass is 10.1. The SMILES string of the molecule is Cc1c(NC(=O)CSc2nnc(C)n2Cc2ccccc2)cccc1[N+](=O)[O-]. The lowest BCUT2D eigenvalue weighted by Crippen LogP contribution is -2.16. The third-order valence-corrected chi connectivity index (χ3v) is 5.16. The second kappa shape index (κ2) is 8.66. The van der Waals surface area contributed by atoms with Gasteiger partial charge >= 0.3 is 0 Å². The minimum Gasteiger partial charge on any atom is -0.325 e. The summed E-state index contributed by atoms with van der Waals surface area (Å²) in [5.74, 6) is 0.622. The van der Waals surface area contributed by atoms with Gasteiger partial charge in [0, 0.05) is 6.07 Å². The van der Waals surface area contributed by atoms with Gasteiger partial charge in [-0.1, -0.05) is 48.2 Å². The molecule has 144 valence electrons. The Balaban J connectivity index is 1.66. The van der Waals surface area contributed by atoms with E-state index in [1.54, 1.807) is 19.1 Å². The summed E-state index contributed by atoms with van der Waals surface area (Å²) in [5, 5.41) is 22.7. The lowest BCUT2D eigenvalue weighted by Gasteiger charge is -2.10. The van der Waals surface area contributed by atoms with Crippen molar-refractivity contribution in [1.82, 2.24) is 14.8 Å². The Labute approximate surface area is 166 Å². The number of amides is 1. The number of rotatable bonds is 7. The fourth-order valence-corrected chi connectivity index (χ4v) is 3.47. The van der Waals surface area contributed by atoms with Crippen molar-refractivity contribution in [2.75, 3.05) is 11.1 Å². The number of thioether (sulfide) groups is 1. The van der Waals surface area contributed by atoms with Gasteiger partial charge in [-0.15, -0.1) is 10.2 Å². The number of carbonyl (C=O) groups is 1. The number of aryl methyl sites for hydroxylation is 1. The Morgan fingerprint density at radius 1 is 1.14 bits per heavy atom. The van der Waals surface area contributed by atoms with Gasteiger partial charge in [-0.2, -0.15) is 0 Å². The summed E-state index contributed by atoms with van der Waals surface area (Å²) in [7, 11) is 0. The third-order valence-electron chi connectivity index (χ3n) is 4.19. The van der Waals surface area contributed by atoms with Gasteiger partial charge in [-0.05, 0) is 25.5 Å². The van der Waals surface area contributed by atoms with E-state index >= 15 is 0 Å². The number of nitrogens with one attached hydrogen (secondary N) is 1. The number of hydrogen-bond acceptors (Lipinski definition) is 6. The molecule has 8 nitrogen and oxygen atoms in total. The first-order valence-electron chi connectivity index (χ1n) is 8.56. The van der Waals surface area contributed by atoms with Crippen LogP contribution in [0.25, 0.3) is 0 Å². The molecule has 1 aromatic heterocycles. The van der Waals surface area contributed by atoms with Crippen LogP contribution < -0.4 is 5.32 Å². The van der Waals surface area contributed by atoms with Crippen LogP contribution in [-0.2, 0) is 11.3 Å². The largest absolute Gasteiger partial charge is 0.325 e. The first-order chi connectivity index (χ1) is 13.5. The van der Waals surface area contributed by atoms with Gasteiger partial charge in [-0.3, -0.25) is 14.9 Å². The number of benzene rings is 2. The Bertz CT molecular complexity index is 1000. The Morgan fingerprint density at radius 2 is 1.89 bits per heavy atom. The number of anilines is 1. The highest BCUT2D eigenvalue weighted by Gasteiger charge is 2.16. The average molecular weight is 397 g/mol. The molecule has 0 spiro atoms. The average Bonchev–Trinajstić information content (AvgIpc) is 3.02. The second-order valence-electron chi connectivity index (χ2n) is 6.15. The van der Waals surface area contributed by atoms with Gasteiger partial charge in [0.25, 0.3) is 5.69 Å². The Kier molecular flexibility index (Phi) is 6.05. The minimum atomic E-state index is -0.464. The monoisotopic (exact) mass is 397 g/mol. The number of nitro benzene ring substituents is 1. The second-order valence-corrected chi connectivity index (χ2v) is 7.09. The van der Waals surface area contributed by atoms with Gasteiger partial charge in [0.2, 0.25) is 5.91 Å². The van der Waals surface area contributed by atoms with E-state index in [-0.39, 0.29) is 17.3 Å². The van der Waals surface area contributed by atoms with Crippen LogP contribution in [0.4, 0.5) is 11.4 Å². The van der Waals surface area contributed by atoms with Gasteiger partial charge in [0.15, 0.2) is 5.16 Å². The maximum absolute atomic E-state index is 12.3. The van der Waals surface area contributed by atoms with E-state index in [1.807, 2.05) is 41.8 Å². The van der Waals surface area contributed by atoms with Crippen molar-refractivity contribution in [3.63, 3.8) is 0 Å². The maximum atomic E-state index is 12.3. The van der Waals surface area contributed by atoms with Crippen LogP contribution in [-0.4, -0.2) is 31.3 Å². The van der Waals surface area contributed by atoms with E-state index in [4.69, 9.17) is 0 Å². The van der Waals surface area contributed by atoms with Crippen LogP contribution in [0, 0.1) is 24.0 Å². The third kappa shape index (κ3) is 4.55. The molecule has 0 unspecified atom stereocenters. The molecule has 0 radical (unpaired) electrons. The van der Waals surface area contributed by atoms with Gasteiger partial charge < -0.3 is 9.88 Å². The first-order valence-corrected chi connectivity index (χ1v) is 9.54. The molecule has 0 saturated heterocycles. The van der Waals surface area contributed by atoms with Crippen LogP contribution in [0.1, 0.15) is 17.0 Å². The Hall–Kier alpha value is -3.20. The van der Waals surface area contributed by atoms with Crippen molar-refractivity contribution < 1.29 is 9.72 Å². The summed E-state index contributed by atoms with van der Waals surface area (Å²) in [6.07, 6.45) is 0. The topological polar surface area (TPSA) is 103 Å². The predicted molar refractivity (Wildman–Crippen MR) is 107 cm³/mol. The van der Waals surface area contributed by atoms with Crippen LogP contribution in [0.3, 0.4) is 0 Å². The summed E-state index contributed by atoms with van der Waals surface area (Å²) in [6.45, 7) is 4.10. The van der Waals surface area contributed by atoms with E-state index in [0.29, 0.717) is 23.0 Å². The number of carbonyl (C=O) groups excluding carboxylic acids is 1. The van der Waals surface area contributed by atoms with Crippen molar-refractivity contribution in [3.05, 3.63) is 75.6 Å². The molecule has 0 bridgehead atoms. The number of aromatic nitrogens is 3. The predicted octanol–water partition coefficient (Wildman–Crippen LogP) is 3.58. The van der Waals surface area contributed by atoms with E-state index in [2.05, 4.69) is 15.5 Å². The summed E-state index contributed by atoms with van der Waals surface area (Å²) < 4.78 is 1.95. The van der Waals surface area contributed by atoms with Crippen molar-refractivity contribution in [3.8, 4) is 0 Å². The molecular formula is C19H19N5O3S. The molecule has 1 N–H and O–H groups in total. The highest BCUT2D eigenvalue weighted by atomic mass is 32.2. The molecule has 0 atom stereocenters. The quantitative estimate of drug-likeness (QED) is 0.371. The number of nitrogens with zero attached hydrogens (tertiary/aromatic N) is 4. The molecule has 0 fully saturated rings. The minimum absolute atomic E-state index is 0.0244. The van der Waals surface area contributed by atoms with Gasteiger partial charge in [0.1, 0.15) is 5.82 Å². The molecule has 1 amide bonds. The summed E-state index contributed by atoms with van der Waals surface area (Å²) >= 11 is 1.27. The summed E-state index contributed by atoms with van der Waals surface area (Å²) in [6, 6.07) is 14.5. The molecule has 2 aromatic carbocycles. The molecule has 1 heterocycles. The molecule has 0 aliphatic carbocycles. The van der Waals surface area contributed by atoms with Crippen LogP contribution in [0.15, 0.2) is 53.7 Å². The Morgan fingerprint density at radius 3 is 2.61 bits per heavy atom. The zero-order valence-electron chi connectivity index (χ0n) is 15.5. The van der Waals surface area contributed by atoms with E-state index < -0.39 is 4.92 Å². The summed E-state index contributed by atoms with van der Waals surface area (Å²) in [4.78, 5) is 22.9. The van der Waals surface area contributed by atoms with Crippen molar-refractivity contribution in [2.45, 2.75) is 25.5 Å². The number of nitro groups is 1. The highest BCUT2D eigenvalue weighted by molar-refractivity contribution is 7.99. The molecule has 0 aliphatic rings. The van der Waals surface area contributed by atoms with Crippen molar-refractivity contribution in [2.24, 2.45) is 0 Å². The molecule has 3 rings (SSSR count). The van der Waals surface area contributed by atoms with Crippen molar-refractivity contribution >= 4 is 29.0 Å². The van der Waals surface area contributed by atoms with Crippen LogP contribution >= 0.6 is 11.8 Å². The molecule has 28 heavy (non-hydrogen) atoms. The van der Waals surface area contributed by atoms with Gasteiger partial charge in [-0.25, -0.2) is 0 Å². The molecular weight excluding hydrogens is 378 g/mol. The lowest BCUT2D eigenvalue weighted by molar-refractivity contribution is -0.385. The highest BCUT2D eigenvalue weighted by Crippen LogP contribution is 2.25. The fourth-order valence-electron chi connectivity index (χ4n) is 2.69. The molecule has 0 saturated carbocycles.